The number of benzene rings is 1. The van der Waals surface area contributed by atoms with E-state index in [-0.39, 0.29) is 6.04 Å². The summed E-state index contributed by atoms with van der Waals surface area (Å²) in [6.45, 7) is 0. The van der Waals surface area contributed by atoms with Crippen molar-refractivity contribution in [2.75, 3.05) is 5.32 Å². The molecule has 1 aliphatic rings. The van der Waals surface area contributed by atoms with Crippen LogP contribution in [0.25, 0.3) is 11.2 Å². The number of imidazole rings is 1. The largest absolute Gasteiger partial charge is 0.361 e. The van der Waals surface area contributed by atoms with Gasteiger partial charge in [0, 0.05) is 4.47 Å². The van der Waals surface area contributed by atoms with Gasteiger partial charge >= 0.3 is 0 Å². The second-order valence-electron chi connectivity index (χ2n) is 5.75. The zero-order valence-electron chi connectivity index (χ0n) is 12.0. The van der Waals surface area contributed by atoms with Crippen LogP contribution >= 0.6 is 15.9 Å². The van der Waals surface area contributed by atoms with E-state index >= 15 is 0 Å². The van der Waals surface area contributed by atoms with E-state index in [4.69, 9.17) is 0 Å². The minimum atomic E-state index is 0.242. The number of nitrogens with one attached hydrogen (secondary N) is 2. The molecule has 1 saturated carbocycles. The molecule has 2 aromatic heterocycles. The molecule has 5 nitrogen and oxygen atoms in total. The number of halogens is 1. The van der Waals surface area contributed by atoms with Crippen molar-refractivity contribution in [3.05, 3.63) is 47.0 Å². The molecule has 1 atom stereocenters. The van der Waals surface area contributed by atoms with Gasteiger partial charge in [0.25, 0.3) is 0 Å². The lowest BCUT2D eigenvalue weighted by molar-refractivity contribution is 0.628. The number of fused-ring (bicyclic) bond motifs is 1. The summed E-state index contributed by atoms with van der Waals surface area (Å²) in [4.78, 5) is 15.9. The molecule has 4 rings (SSSR count). The van der Waals surface area contributed by atoms with Crippen molar-refractivity contribution in [2.24, 2.45) is 5.92 Å². The van der Waals surface area contributed by atoms with Crippen molar-refractivity contribution in [3.63, 3.8) is 0 Å². The van der Waals surface area contributed by atoms with Crippen molar-refractivity contribution >= 4 is 32.9 Å². The Hall–Kier alpha value is -1.95. The van der Waals surface area contributed by atoms with E-state index < -0.39 is 0 Å². The summed E-state index contributed by atoms with van der Waals surface area (Å²) in [5.74, 6) is 1.63. The molecule has 0 amide bonds. The van der Waals surface area contributed by atoms with Gasteiger partial charge in [-0.15, -0.1) is 0 Å². The Bertz CT molecular complexity index is 796. The molecule has 0 aliphatic heterocycles. The number of anilines is 1. The third-order valence-electron chi connectivity index (χ3n) is 4.05. The van der Waals surface area contributed by atoms with Crippen LogP contribution in [-0.4, -0.2) is 19.9 Å². The Morgan fingerprint density at radius 3 is 3.00 bits per heavy atom. The van der Waals surface area contributed by atoms with Crippen LogP contribution in [0.3, 0.4) is 0 Å². The molecular formula is C16H16BrN5. The van der Waals surface area contributed by atoms with Crippen LogP contribution in [0.2, 0.25) is 0 Å². The second-order valence-corrected chi connectivity index (χ2v) is 6.67. The van der Waals surface area contributed by atoms with Crippen LogP contribution < -0.4 is 5.32 Å². The monoisotopic (exact) mass is 357 g/mol. The highest BCUT2D eigenvalue weighted by molar-refractivity contribution is 9.10. The summed E-state index contributed by atoms with van der Waals surface area (Å²) in [7, 11) is 0. The number of hydrogen-bond donors (Lipinski definition) is 2. The lowest BCUT2D eigenvalue weighted by atomic mass is 10.0. The highest BCUT2D eigenvalue weighted by atomic mass is 79.9. The summed E-state index contributed by atoms with van der Waals surface area (Å²) in [5, 5.41) is 3.58. The molecule has 0 spiro atoms. The number of hydrogen-bond acceptors (Lipinski definition) is 4. The normalized spacial score (nSPS) is 15.9. The topological polar surface area (TPSA) is 66.5 Å². The molecule has 2 heterocycles. The summed E-state index contributed by atoms with van der Waals surface area (Å²) < 4.78 is 1.10. The molecule has 1 fully saturated rings. The van der Waals surface area contributed by atoms with Gasteiger partial charge < -0.3 is 10.3 Å². The van der Waals surface area contributed by atoms with Gasteiger partial charge in [-0.3, -0.25) is 0 Å². The lowest BCUT2D eigenvalue weighted by Gasteiger charge is -2.20. The molecule has 112 valence electrons. The Morgan fingerprint density at radius 1 is 1.27 bits per heavy atom. The first-order chi connectivity index (χ1) is 10.8. The van der Waals surface area contributed by atoms with Crippen molar-refractivity contribution in [2.45, 2.75) is 25.3 Å². The zero-order chi connectivity index (χ0) is 14.9. The summed E-state index contributed by atoms with van der Waals surface area (Å²) >= 11 is 3.56. The molecule has 2 N–H and O–H groups in total. The molecule has 0 radical (unpaired) electrons. The molecular weight excluding hydrogens is 342 g/mol. The first-order valence-electron chi connectivity index (χ1n) is 7.45. The quantitative estimate of drug-likeness (QED) is 0.722. The van der Waals surface area contributed by atoms with Gasteiger partial charge in [-0.25, -0.2) is 15.0 Å². The summed E-state index contributed by atoms with van der Waals surface area (Å²) in [5.41, 5.74) is 2.82. The van der Waals surface area contributed by atoms with Gasteiger partial charge in [0.15, 0.2) is 11.5 Å². The van der Waals surface area contributed by atoms with Gasteiger partial charge in [0.05, 0.1) is 12.4 Å². The molecule has 3 aromatic rings. The number of aromatic nitrogens is 4. The SMILES string of the molecule is Brc1cccc(C(CC2CC2)Nc2ncnc3nc[nH]c23)c1. The minimum Gasteiger partial charge on any atom is -0.361 e. The van der Waals surface area contributed by atoms with Crippen LogP contribution in [0.15, 0.2) is 41.4 Å². The fraction of sp³-hybridized carbons (Fsp3) is 0.312. The molecule has 6 heteroatoms. The highest BCUT2D eigenvalue weighted by Crippen LogP contribution is 2.39. The van der Waals surface area contributed by atoms with Gasteiger partial charge in [-0.2, -0.15) is 0 Å². The molecule has 0 bridgehead atoms. The van der Waals surface area contributed by atoms with Gasteiger partial charge in [0.1, 0.15) is 11.8 Å². The molecule has 1 aliphatic carbocycles. The predicted octanol–water partition coefficient (Wildman–Crippen LogP) is 4.07. The maximum atomic E-state index is 4.39. The number of aromatic amines is 1. The van der Waals surface area contributed by atoms with Crippen LogP contribution in [0.5, 0.6) is 0 Å². The first kappa shape index (κ1) is 13.7. The first-order valence-corrected chi connectivity index (χ1v) is 8.25. The van der Waals surface area contributed by atoms with E-state index in [2.05, 4.69) is 65.4 Å². The molecule has 1 unspecified atom stereocenters. The third kappa shape index (κ3) is 2.83. The average molecular weight is 358 g/mol. The highest BCUT2D eigenvalue weighted by Gasteiger charge is 2.27. The van der Waals surface area contributed by atoms with E-state index in [0.29, 0.717) is 5.65 Å². The second kappa shape index (κ2) is 5.68. The standard InChI is InChI=1S/C16H16BrN5/c17-12-3-1-2-11(7-12)13(6-10-4-5-10)22-16-14-15(19-8-18-14)20-9-21-16/h1-3,7-10,13H,4-6H2,(H2,18,19,20,21,22). The van der Waals surface area contributed by atoms with Gasteiger partial charge in [0.2, 0.25) is 0 Å². The Balaban J connectivity index is 1.67. The number of rotatable bonds is 5. The summed E-state index contributed by atoms with van der Waals surface area (Å²) in [6, 6.07) is 8.70. The van der Waals surface area contributed by atoms with Gasteiger partial charge in [-0.05, 0) is 30.0 Å². The minimum absolute atomic E-state index is 0.242. The maximum absolute atomic E-state index is 4.39. The van der Waals surface area contributed by atoms with Crippen molar-refractivity contribution in [3.8, 4) is 0 Å². The smallest absolute Gasteiger partial charge is 0.182 e. The maximum Gasteiger partial charge on any atom is 0.182 e. The fourth-order valence-corrected chi connectivity index (χ4v) is 3.15. The number of nitrogens with zero attached hydrogens (tertiary/aromatic N) is 3. The molecule has 0 saturated heterocycles. The molecule has 1 aromatic carbocycles. The van der Waals surface area contributed by atoms with E-state index in [0.717, 1.165) is 28.1 Å². The van der Waals surface area contributed by atoms with E-state index in [1.807, 2.05) is 0 Å². The van der Waals surface area contributed by atoms with Crippen LogP contribution in [0.4, 0.5) is 5.82 Å². The van der Waals surface area contributed by atoms with E-state index in [1.165, 1.54) is 18.4 Å². The van der Waals surface area contributed by atoms with Crippen molar-refractivity contribution in [1.82, 2.24) is 19.9 Å². The molecule has 22 heavy (non-hydrogen) atoms. The van der Waals surface area contributed by atoms with Crippen LogP contribution in [0.1, 0.15) is 30.9 Å². The van der Waals surface area contributed by atoms with E-state index in [1.54, 1.807) is 12.7 Å². The fourth-order valence-electron chi connectivity index (χ4n) is 2.73. The van der Waals surface area contributed by atoms with Crippen molar-refractivity contribution < 1.29 is 0 Å². The van der Waals surface area contributed by atoms with Crippen molar-refractivity contribution in [1.29, 1.82) is 0 Å². The van der Waals surface area contributed by atoms with Crippen LogP contribution in [-0.2, 0) is 0 Å². The predicted molar refractivity (Wildman–Crippen MR) is 89.5 cm³/mol. The average Bonchev–Trinajstić information content (AvgIpc) is 3.20. The zero-order valence-corrected chi connectivity index (χ0v) is 13.5. The Kier molecular flexibility index (Phi) is 3.54. The van der Waals surface area contributed by atoms with Crippen LogP contribution in [0, 0.1) is 5.92 Å². The Morgan fingerprint density at radius 2 is 2.18 bits per heavy atom. The Labute approximate surface area is 136 Å². The number of H-pyrrole nitrogens is 1. The van der Waals surface area contributed by atoms with Gasteiger partial charge in [-0.1, -0.05) is 40.9 Å². The van der Waals surface area contributed by atoms with E-state index in [9.17, 15) is 0 Å². The lowest BCUT2D eigenvalue weighted by Crippen LogP contribution is -2.13. The third-order valence-corrected chi connectivity index (χ3v) is 4.54. The summed E-state index contributed by atoms with van der Waals surface area (Å²) in [6.07, 6.45) is 6.99.